The van der Waals surface area contributed by atoms with E-state index in [0.717, 1.165) is 24.2 Å². The van der Waals surface area contributed by atoms with E-state index in [2.05, 4.69) is 38.1 Å². The molecule has 0 spiro atoms. The first-order valence-corrected chi connectivity index (χ1v) is 6.14. The van der Waals surface area contributed by atoms with Crippen LogP contribution in [0.3, 0.4) is 0 Å². The van der Waals surface area contributed by atoms with Gasteiger partial charge >= 0.3 is 0 Å². The smallest absolute Gasteiger partial charge is 0.147 e. The van der Waals surface area contributed by atoms with Crippen LogP contribution in [0, 0.1) is 0 Å². The summed E-state index contributed by atoms with van der Waals surface area (Å²) >= 11 is 3.46. The minimum Gasteiger partial charge on any atom is -0.371 e. The van der Waals surface area contributed by atoms with Crippen LogP contribution in [0.5, 0.6) is 0 Å². The minimum absolute atomic E-state index is 0.239. The summed E-state index contributed by atoms with van der Waals surface area (Å²) < 4.78 is 7.56. The van der Waals surface area contributed by atoms with Crippen molar-refractivity contribution in [1.82, 2.24) is 15.0 Å². The van der Waals surface area contributed by atoms with Gasteiger partial charge < -0.3 is 9.64 Å². The van der Waals surface area contributed by atoms with Crippen LogP contribution in [0.4, 0.5) is 5.82 Å². The standard InChI is InChI=1S/C9H15BrN4O/c1-7-5-14(6-8(3-10)15-7)9-4-11-12-13(9)2/h4,7-8H,3,5-6H2,1-2H3. The number of aromatic nitrogens is 3. The number of rotatable bonds is 2. The highest BCUT2D eigenvalue weighted by Crippen LogP contribution is 2.19. The molecule has 15 heavy (non-hydrogen) atoms. The van der Waals surface area contributed by atoms with Gasteiger partial charge in [-0.3, -0.25) is 0 Å². The van der Waals surface area contributed by atoms with Gasteiger partial charge in [-0.25, -0.2) is 4.68 Å². The SMILES string of the molecule is CC1CN(c2cnnn2C)CC(CBr)O1. The summed E-state index contributed by atoms with van der Waals surface area (Å²) in [4.78, 5) is 2.26. The van der Waals surface area contributed by atoms with Crippen molar-refractivity contribution in [3.63, 3.8) is 0 Å². The van der Waals surface area contributed by atoms with Crippen LogP contribution in [0.15, 0.2) is 6.20 Å². The van der Waals surface area contributed by atoms with Gasteiger partial charge in [0.15, 0.2) is 0 Å². The second-order valence-corrected chi connectivity index (χ2v) is 4.49. The maximum Gasteiger partial charge on any atom is 0.147 e. The minimum atomic E-state index is 0.239. The third kappa shape index (κ3) is 2.31. The molecular formula is C9H15BrN4O. The fourth-order valence-electron chi connectivity index (χ4n) is 1.89. The van der Waals surface area contributed by atoms with Gasteiger partial charge in [0.05, 0.1) is 18.4 Å². The summed E-state index contributed by atoms with van der Waals surface area (Å²) in [5, 5.41) is 8.69. The molecule has 1 aliphatic rings. The third-order valence-corrected chi connectivity index (χ3v) is 3.24. The average molecular weight is 275 g/mol. The predicted molar refractivity (Wildman–Crippen MR) is 61.3 cm³/mol. The molecule has 2 unspecified atom stereocenters. The summed E-state index contributed by atoms with van der Waals surface area (Å²) in [5.74, 6) is 1.05. The molecule has 1 aliphatic heterocycles. The van der Waals surface area contributed by atoms with Gasteiger partial charge in [0.1, 0.15) is 5.82 Å². The summed E-state index contributed by atoms with van der Waals surface area (Å²) in [7, 11) is 1.91. The molecule has 1 fully saturated rings. The Morgan fingerprint density at radius 2 is 2.40 bits per heavy atom. The van der Waals surface area contributed by atoms with Crippen LogP contribution in [-0.4, -0.2) is 45.6 Å². The lowest BCUT2D eigenvalue weighted by Crippen LogP contribution is -2.48. The van der Waals surface area contributed by atoms with Crippen molar-refractivity contribution in [3.8, 4) is 0 Å². The van der Waals surface area contributed by atoms with E-state index in [-0.39, 0.29) is 12.2 Å². The van der Waals surface area contributed by atoms with Gasteiger partial charge in [-0.2, -0.15) is 0 Å². The van der Waals surface area contributed by atoms with Crippen molar-refractivity contribution >= 4 is 21.7 Å². The van der Waals surface area contributed by atoms with E-state index in [9.17, 15) is 0 Å². The number of anilines is 1. The fraction of sp³-hybridized carbons (Fsp3) is 0.778. The van der Waals surface area contributed by atoms with Crippen molar-refractivity contribution in [1.29, 1.82) is 0 Å². The number of hydrogen-bond acceptors (Lipinski definition) is 4. The van der Waals surface area contributed by atoms with Crippen LogP contribution in [0.25, 0.3) is 0 Å². The number of nitrogens with zero attached hydrogens (tertiary/aromatic N) is 4. The molecule has 0 aromatic carbocycles. The van der Waals surface area contributed by atoms with Gasteiger partial charge in [-0.15, -0.1) is 5.10 Å². The molecule has 1 aromatic heterocycles. The third-order valence-electron chi connectivity index (χ3n) is 2.51. The zero-order valence-electron chi connectivity index (χ0n) is 8.93. The molecule has 0 amide bonds. The molecule has 0 saturated carbocycles. The molecule has 84 valence electrons. The zero-order valence-corrected chi connectivity index (χ0v) is 10.5. The van der Waals surface area contributed by atoms with Gasteiger partial charge in [0, 0.05) is 25.5 Å². The predicted octanol–water partition coefficient (Wildman–Crippen LogP) is 0.804. The van der Waals surface area contributed by atoms with E-state index in [1.165, 1.54) is 0 Å². The molecule has 5 nitrogen and oxygen atoms in total. The number of halogens is 1. The molecule has 1 saturated heterocycles. The lowest BCUT2D eigenvalue weighted by molar-refractivity contribution is -0.00242. The summed E-state index contributed by atoms with van der Waals surface area (Å²) in [5.41, 5.74) is 0. The first-order valence-electron chi connectivity index (χ1n) is 5.01. The van der Waals surface area contributed by atoms with Crippen LogP contribution in [0.1, 0.15) is 6.92 Å². The highest BCUT2D eigenvalue weighted by molar-refractivity contribution is 9.09. The van der Waals surface area contributed by atoms with Crippen LogP contribution in [-0.2, 0) is 11.8 Å². The highest BCUT2D eigenvalue weighted by atomic mass is 79.9. The van der Waals surface area contributed by atoms with Gasteiger partial charge in [0.25, 0.3) is 0 Å². The van der Waals surface area contributed by atoms with E-state index in [1.54, 1.807) is 10.9 Å². The Morgan fingerprint density at radius 1 is 1.60 bits per heavy atom. The van der Waals surface area contributed by atoms with E-state index in [0.29, 0.717) is 0 Å². The van der Waals surface area contributed by atoms with Crippen molar-refractivity contribution in [2.75, 3.05) is 23.3 Å². The number of morpholine rings is 1. The van der Waals surface area contributed by atoms with E-state index < -0.39 is 0 Å². The van der Waals surface area contributed by atoms with Gasteiger partial charge in [0.2, 0.25) is 0 Å². The van der Waals surface area contributed by atoms with Crippen molar-refractivity contribution in [2.45, 2.75) is 19.1 Å². The summed E-state index contributed by atoms with van der Waals surface area (Å²) in [6.45, 7) is 3.87. The van der Waals surface area contributed by atoms with E-state index in [1.807, 2.05) is 7.05 Å². The van der Waals surface area contributed by atoms with E-state index in [4.69, 9.17) is 4.74 Å². The molecule has 6 heteroatoms. The largest absolute Gasteiger partial charge is 0.371 e. The molecule has 2 atom stereocenters. The Balaban J connectivity index is 2.12. The maximum absolute atomic E-state index is 5.76. The van der Waals surface area contributed by atoms with Crippen molar-refractivity contribution < 1.29 is 4.74 Å². The molecule has 0 N–H and O–H groups in total. The summed E-state index contributed by atoms with van der Waals surface area (Å²) in [6, 6.07) is 0. The molecule has 0 aliphatic carbocycles. The Bertz CT molecular complexity index is 330. The van der Waals surface area contributed by atoms with E-state index >= 15 is 0 Å². The number of ether oxygens (including phenoxy) is 1. The fourth-order valence-corrected chi connectivity index (χ4v) is 2.25. The quantitative estimate of drug-likeness (QED) is 0.749. The topological polar surface area (TPSA) is 43.2 Å². The van der Waals surface area contributed by atoms with Gasteiger partial charge in [-0.05, 0) is 6.92 Å². The maximum atomic E-state index is 5.76. The van der Waals surface area contributed by atoms with Gasteiger partial charge in [-0.1, -0.05) is 21.1 Å². The summed E-state index contributed by atoms with van der Waals surface area (Å²) in [6.07, 6.45) is 2.28. The average Bonchev–Trinajstić information content (AvgIpc) is 2.63. The molecule has 2 heterocycles. The Kier molecular flexibility index (Phi) is 3.25. The zero-order chi connectivity index (χ0) is 10.8. The van der Waals surface area contributed by atoms with Crippen LogP contribution < -0.4 is 4.90 Å². The second-order valence-electron chi connectivity index (χ2n) is 3.84. The first kappa shape index (κ1) is 10.9. The molecule has 0 radical (unpaired) electrons. The monoisotopic (exact) mass is 274 g/mol. The number of alkyl halides is 1. The Labute approximate surface area is 97.5 Å². The second kappa shape index (κ2) is 4.49. The Hall–Kier alpha value is -0.620. The Morgan fingerprint density at radius 3 is 3.00 bits per heavy atom. The number of aryl methyl sites for hydroxylation is 1. The van der Waals surface area contributed by atoms with Crippen LogP contribution >= 0.6 is 15.9 Å². The molecule has 0 bridgehead atoms. The lowest BCUT2D eigenvalue weighted by Gasteiger charge is -2.36. The normalized spacial score (nSPS) is 27.0. The first-order chi connectivity index (χ1) is 7.20. The lowest BCUT2D eigenvalue weighted by atomic mass is 10.2. The molecule has 1 aromatic rings. The molecular weight excluding hydrogens is 260 g/mol. The molecule has 2 rings (SSSR count). The number of hydrogen-bond donors (Lipinski definition) is 0. The van der Waals surface area contributed by atoms with Crippen LogP contribution in [0.2, 0.25) is 0 Å². The van der Waals surface area contributed by atoms with Crippen molar-refractivity contribution in [2.24, 2.45) is 7.05 Å². The van der Waals surface area contributed by atoms with Crippen molar-refractivity contribution in [3.05, 3.63) is 6.20 Å². The highest BCUT2D eigenvalue weighted by Gasteiger charge is 2.26.